The molecule has 1 saturated heterocycles. The first-order valence-electron chi connectivity index (χ1n) is 8.41. The molecule has 0 unspecified atom stereocenters. The van der Waals surface area contributed by atoms with Crippen molar-refractivity contribution in [3.63, 3.8) is 0 Å². The first-order valence-corrected chi connectivity index (χ1v) is 8.41. The van der Waals surface area contributed by atoms with Crippen LogP contribution in [0.5, 0.6) is 0 Å². The van der Waals surface area contributed by atoms with Crippen LogP contribution in [0.3, 0.4) is 0 Å². The van der Waals surface area contributed by atoms with Crippen molar-refractivity contribution in [3.8, 4) is 0 Å². The summed E-state index contributed by atoms with van der Waals surface area (Å²) in [5.74, 6) is 0.477. The van der Waals surface area contributed by atoms with E-state index in [0.29, 0.717) is 12.5 Å². The first kappa shape index (κ1) is 17.0. The molecule has 1 fully saturated rings. The third-order valence-corrected chi connectivity index (χ3v) is 4.60. The molecule has 0 radical (unpaired) electrons. The summed E-state index contributed by atoms with van der Waals surface area (Å²) in [6.07, 6.45) is 3.81. The lowest BCUT2D eigenvalue weighted by Gasteiger charge is -2.30. The predicted octanol–water partition coefficient (Wildman–Crippen LogP) is 2.45. The molecule has 0 atom stereocenters. The molecular formula is C18H28N2O2. The molecular weight excluding hydrogens is 276 g/mol. The number of likely N-dealkylation sites (tertiary alicyclic amines) is 1. The summed E-state index contributed by atoms with van der Waals surface area (Å²) >= 11 is 0. The Morgan fingerprint density at radius 3 is 2.32 bits per heavy atom. The number of rotatable bonds is 6. The van der Waals surface area contributed by atoms with Gasteiger partial charge in [0.15, 0.2) is 0 Å². The van der Waals surface area contributed by atoms with Crippen LogP contribution in [0, 0.1) is 5.92 Å². The van der Waals surface area contributed by atoms with Gasteiger partial charge in [-0.25, -0.2) is 0 Å². The third kappa shape index (κ3) is 4.31. The van der Waals surface area contributed by atoms with E-state index in [9.17, 15) is 9.90 Å². The highest BCUT2D eigenvalue weighted by atomic mass is 16.3. The lowest BCUT2D eigenvalue weighted by atomic mass is 9.98. The zero-order valence-electron chi connectivity index (χ0n) is 13.8. The molecule has 22 heavy (non-hydrogen) atoms. The van der Waals surface area contributed by atoms with E-state index in [4.69, 9.17) is 0 Å². The van der Waals surface area contributed by atoms with E-state index in [0.717, 1.165) is 44.5 Å². The number of nitrogens with zero attached hydrogens (tertiary/aromatic N) is 1. The number of benzene rings is 1. The van der Waals surface area contributed by atoms with Crippen LogP contribution in [0.4, 0.5) is 5.69 Å². The van der Waals surface area contributed by atoms with Gasteiger partial charge in [0, 0.05) is 12.3 Å². The van der Waals surface area contributed by atoms with Crippen molar-refractivity contribution in [1.29, 1.82) is 0 Å². The number of carbonyl (C=O) groups is 1. The molecule has 0 saturated carbocycles. The predicted molar refractivity (Wildman–Crippen MR) is 90.1 cm³/mol. The minimum absolute atomic E-state index is 0.0676. The van der Waals surface area contributed by atoms with Gasteiger partial charge in [-0.2, -0.15) is 0 Å². The van der Waals surface area contributed by atoms with Gasteiger partial charge in [0.05, 0.1) is 6.54 Å². The van der Waals surface area contributed by atoms with Crippen molar-refractivity contribution in [2.45, 2.75) is 39.5 Å². The third-order valence-electron chi connectivity index (χ3n) is 4.60. The van der Waals surface area contributed by atoms with Crippen LogP contribution in [0.2, 0.25) is 0 Å². The van der Waals surface area contributed by atoms with Crippen molar-refractivity contribution in [2.75, 3.05) is 31.6 Å². The molecule has 2 N–H and O–H groups in total. The molecule has 122 valence electrons. The summed E-state index contributed by atoms with van der Waals surface area (Å²) in [7, 11) is 0. The van der Waals surface area contributed by atoms with Gasteiger partial charge in [-0.3, -0.25) is 9.69 Å². The molecule has 0 aliphatic carbocycles. The largest absolute Gasteiger partial charge is 0.396 e. The van der Waals surface area contributed by atoms with Crippen molar-refractivity contribution in [3.05, 3.63) is 29.3 Å². The second-order valence-corrected chi connectivity index (χ2v) is 6.11. The van der Waals surface area contributed by atoms with Crippen LogP contribution in [0.15, 0.2) is 18.2 Å². The van der Waals surface area contributed by atoms with Crippen molar-refractivity contribution in [2.24, 2.45) is 5.92 Å². The summed E-state index contributed by atoms with van der Waals surface area (Å²) < 4.78 is 0. The second-order valence-electron chi connectivity index (χ2n) is 6.11. The van der Waals surface area contributed by atoms with Crippen molar-refractivity contribution < 1.29 is 9.90 Å². The van der Waals surface area contributed by atoms with Crippen LogP contribution >= 0.6 is 0 Å². The molecule has 1 aromatic carbocycles. The van der Waals surface area contributed by atoms with E-state index in [2.05, 4.69) is 42.3 Å². The summed E-state index contributed by atoms with van der Waals surface area (Å²) in [6, 6.07) is 6.23. The molecule has 1 aliphatic heterocycles. The number of piperidine rings is 1. The molecule has 0 spiro atoms. The van der Waals surface area contributed by atoms with Crippen molar-refractivity contribution >= 4 is 11.6 Å². The van der Waals surface area contributed by atoms with Crippen LogP contribution in [-0.4, -0.2) is 42.2 Å². The molecule has 1 amide bonds. The molecule has 2 rings (SSSR count). The van der Waals surface area contributed by atoms with E-state index in [1.54, 1.807) is 0 Å². The van der Waals surface area contributed by atoms with E-state index in [1.807, 2.05) is 0 Å². The van der Waals surface area contributed by atoms with Crippen LogP contribution in [0.1, 0.15) is 37.8 Å². The minimum Gasteiger partial charge on any atom is -0.396 e. The highest BCUT2D eigenvalue weighted by molar-refractivity contribution is 5.93. The van der Waals surface area contributed by atoms with Gasteiger partial charge in [0.2, 0.25) is 5.91 Å². The maximum atomic E-state index is 12.4. The Morgan fingerprint density at radius 1 is 1.23 bits per heavy atom. The standard InChI is InChI=1S/C18H28N2O2/c1-3-15-6-5-7-16(4-2)18(15)19-17(22)12-20-10-8-14(13-21)9-11-20/h5-7,14,21H,3-4,8-13H2,1-2H3,(H,19,22). The van der Waals surface area contributed by atoms with Crippen LogP contribution < -0.4 is 5.32 Å². The summed E-state index contributed by atoms with van der Waals surface area (Å²) in [6.45, 7) is 6.74. The Labute approximate surface area is 133 Å². The fourth-order valence-electron chi connectivity index (χ4n) is 3.11. The Morgan fingerprint density at radius 2 is 1.82 bits per heavy atom. The minimum atomic E-state index is 0.0676. The number of para-hydroxylation sites is 1. The molecule has 1 heterocycles. The topological polar surface area (TPSA) is 52.6 Å². The number of anilines is 1. The van der Waals surface area contributed by atoms with Gasteiger partial charge in [-0.15, -0.1) is 0 Å². The van der Waals surface area contributed by atoms with Crippen molar-refractivity contribution in [1.82, 2.24) is 4.90 Å². The smallest absolute Gasteiger partial charge is 0.238 e. The average molecular weight is 304 g/mol. The zero-order chi connectivity index (χ0) is 15.9. The lowest BCUT2D eigenvalue weighted by molar-refractivity contribution is -0.117. The molecule has 0 bridgehead atoms. The second kappa shape index (κ2) is 8.30. The fraction of sp³-hybridized carbons (Fsp3) is 0.611. The Bertz CT molecular complexity index is 472. The summed E-state index contributed by atoms with van der Waals surface area (Å²) in [5.41, 5.74) is 3.40. The Hall–Kier alpha value is -1.39. The number of aliphatic hydroxyl groups is 1. The van der Waals surface area contributed by atoms with E-state index >= 15 is 0 Å². The van der Waals surface area contributed by atoms with Gasteiger partial charge < -0.3 is 10.4 Å². The van der Waals surface area contributed by atoms with Gasteiger partial charge in [0.1, 0.15) is 0 Å². The molecule has 4 nitrogen and oxygen atoms in total. The lowest BCUT2D eigenvalue weighted by Crippen LogP contribution is -2.40. The number of carbonyl (C=O) groups excluding carboxylic acids is 1. The SMILES string of the molecule is CCc1cccc(CC)c1NC(=O)CN1CCC(CO)CC1. The molecule has 1 aromatic rings. The summed E-state index contributed by atoms with van der Waals surface area (Å²) in [4.78, 5) is 14.5. The average Bonchev–Trinajstić information content (AvgIpc) is 2.55. The quantitative estimate of drug-likeness (QED) is 0.849. The maximum absolute atomic E-state index is 12.4. The zero-order valence-corrected chi connectivity index (χ0v) is 13.8. The molecule has 1 aliphatic rings. The van der Waals surface area contributed by atoms with E-state index in [1.165, 1.54) is 11.1 Å². The number of hydrogen-bond donors (Lipinski definition) is 2. The van der Waals surface area contributed by atoms with Crippen LogP contribution in [-0.2, 0) is 17.6 Å². The van der Waals surface area contributed by atoms with E-state index < -0.39 is 0 Å². The maximum Gasteiger partial charge on any atom is 0.238 e. The monoisotopic (exact) mass is 304 g/mol. The van der Waals surface area contributed by atoms with Crippen LogP contribution in [0.25, 0.3) is 0 Å². The van der Waals surface area contributed by atoms with Gasteiger partial charge in [-0.05, 0) is 55.8 Å². The number of nitrogens with one attached hydrogen (secondary N) is 1. The number of hydrogen-bond acceptors (Lipinski definition) is 3. The number of aliphatic hydroxyl groups excluding tert-OH is 1. The highest BCUT2D eigenvalue weighted by Crippen LogP contribution is 2.23. The number of aryl methyl sites for hydroxylation is 2. The highest BCUT2D eigenvalue weighted by Gasteiger charge is 2.20. The van der Waals surface area contributed by atoms with Gasteiger partial charge in [-0.1, -0.05) is 32.0 Å². The van der Waals surface area contributed by atoms with Gasteiger partial charge in [0.25, 0.3) is 0 Å². The Kier molecular flexibility index (Phi) is 6.40. The van der Waals surface area contributed by atoms with Gasteiger partial charge >= 0.3 is 0 Å². The number of amides is 1. The fourth-order valence-corrected chi connectivity index (χ4v) is 3.11. The summed E-state index contributed by atoms with van der Waals surface area (Å²) in [5, 5.41) is 12.3. The first-order chi connectivity index (χ1) is 10.7. The molecule has 0 aromatic heterocycles. The molecule has 4 heteroatoms. The normalized spacial score (nSPS) is 16.7. The van der Waals surface area contributed by atoms with E-state index in [-0.39, 0.29) is 12.5 Å². The Balaban J connectivity index is 1.95.